The predicted molar refractivity (Wildman–Crippen MR) is 110 cm³/mol. The number of carbonyl (C=O) groups is 3. The molecule has 1 aromatic heterocycles. The second-order valence-corrected chi connectivity index (χ2v) is 8.46. The fraction of sp³-hybridized carbons (Fsp3) is 0.435. The highest BCUT2D eigenvalue weighted by atomic mass is 19.1. The van der Waals surface area contributed by atoms with Crippen LogP contribution in [0.15, 0.2) is 24.3 Å². The number of hydrogen-bond donors (Lipinski definition) is 1. The van der Waals surface area contributed by atoms with Gasteiger partial charge >= 0.3 is 5.97 Å². The highest BCUT2D eigenvalue weighted by Gasteiger charge is 2.42. The molecule has 164 valence electrons. The van der Waals surface area contributed by atoms with Crippen molar-refractivity contribution >= 4 is 17.8 Å². The molecule has 0 aliphatic carbocycles. The molecular formula is C23H25FN2O5. The van der Waals surface area contributed by atoms with Crippen LogP contribution in [0.25, 0.3) is 11.3 Å². The van der Waals surface area contributed by atoms with Gasteiger partial charge in [-0.15, -0.1) is 0 Å². The molecule has 8 heteroatoms. The Morgan fingerprint density at radius 2 is 1.77 bits per heavy atom. The topological polar surface area (TPSA) is 88.8 Å². The van der Waals surface area contributed by atoms with Crippen molar-refractivity contribution in [3.05, 3.63) is 46.9 Å². The molecule has 0 unspecified atom stereocenters. The summed E-state index contributed by atoms with van der Waals surface area (Å²) in [5, 5.41) is 9.90. The minimum Gasteiger partial charge on any atom is -0.462 e. The number of esters is 1. The maximum atomic E-state index is 13.6. The standard InChI is InChI=1S/C23H25FN2O5/c1-12(2)20-18-19(23(30)25(3)22(18)29)21(13-4-6-14(24)7-5-13)26(20)9-8-16-10-15(27)11-17(28)31-16/h4-7,12,15-16,27H,8-11H2,1-3H3/t15-,16-/m0/s1. The van der Waals surface area contributed by atoms with Gasteiger partial charge in [-0.2, -0.15) is 0 Å². The van der Waals surface area contributed by atoms with Gasteiger partial charge in [0.1, 0.15) is 11.9 Å². The number of aromatic nitrogens is 1. The van der Waals surface area contributed by atoms with Crippen molar-refractivity contribution in [2.45, 2.75) is 57.8 Å². The molecule has 2 aliphatic heterocycles. The lowest BCUT2D eigenvalue weighted by molar-refractivity contribution is -0.160. The molecule has 2 aliphatic rings. The van der Waals surface area contributed by atoms with Gasteiger partial charge in [0.25, 0.3) is 11.8 Å². The van der Waals surface area contributed by atoms with Gasteiger partial charge in [0.05, 0.1) is 29.3 Å². The second kappa shape index (κ2) is 7.92. The SMILES string of the molecule is CC(C)c1c2c(c(-c3ccc(F)cc3)n1CC[C@H]1C[C@H](O)CC(=O)O1)C(=O)N(C)C2=O. The molecule has 1 N–H and O–H groups in total. The maximum Gasteiger partial charge on any atom is 0.308 e. The minimum absolute atomic E-state index is 0.0122. The van der Waals surface area contributed by atoms with Gasteiger partial charge in [0, 0.05) is 32.1 Å². The molecule has 0 bridgehead atoms. The first-order valence-corrected chi connectivity index (χ1v) is 10.4. The molecule has 7 nitrogen and oxygen atoms in total. The van der Waals surface area contributed by atoms with E-state index in [1.165, 1.54) is 19.2 Å². The van der Waals surface area contributed by atoms with Crippen LogP contribution in [0.1, 0.15) is 65.4 Å². The average Bonchev–Trinajstić information content (AvgIpc) is 3.15. The number of hydrogen-bond acceptors (Lipinski definition) is 5. The summed E-state index contributed by atoms with van der Waals surface area (Å²) in [6, 6.07) is 5.81. The van der Waals surface area contributed by atoms with Crippen LogP contribution in [0.2, 0.25) is 0 Å². The van der Waals surface area contributed by atoms with Crippen molar-refractivity contribution in [3.63, 3.8) is 0 Å². The third-order valence-corrected chi connectivity index (χ3v) is 5.92. The first kappa shape index (κ1) is 21.2. The highest BCUT2D eigenvalue weighted by Crippen LogP contribution is 2.40. The summed E-state index contributed by atoms with van der Waals surface area (Å²) in [5.41, 5.74) is 2.61. The molecule has 2 aromatic rings. The van der Waals surface area contributed by atoms with E-state index < -0.39 is 24.0 Å². The Labute approximate surface area is 179 Å². The van der Waals surface area contributed by atoms with E-state index in [9.17, 15) is 23.9 Å². The average molecular weight is 428 g/mol. The molecule has 2 amide bonds. The smallest absolute Gasteiger partial charge is 0.308 e. The van der Waals surface area contributed by atoms with Crippen molar-refractivity contribution in [2.75, 3.05) is 7.05 Å². The summed E-state index contributed by atoms with van der Waals surface area (Å²) >= 11 is 0. The Balaban J connectivity index is 1.82. The second-order valence-electron chi connectivity index (χ2n) is 8.46. The Kier molecular flexibility index (Phi) is 5.43. The van der Waals surface area contributed by atoms with E-state index in [0.29, 0.717) is 41.8 Å². The van der Waals surface area contributed by atoms with Gasteiger partial charge in [-0.1, -0.05) is 13.8 Å². The summed E-state index contributed by atoms with van der Waals surface area (Å²) < 4.78 is 20.9. The third-order valence-electron chi connectivity index (χ3n) is 5.92. The Morgan fingerprint density at radius 1 is 1.13 bits per heavy atom. The summed E-state index contributed by atoms with van der Waals surface area (Å²) in [5.74, 6) is -1.64. The number of aliphatic hydroxyl groups excluding tert-OH is 1. The molecule has 0 radical (unpaired) electrons. The van der Waals surface area contributed by atoms with Crippen molar-refractivity contribution in [2.24, 2.45) is 0 Å². The number of aliphatic hydroxyl groups is 1. The Bertz CT molecular complexity index is 1060. The van der Waals surface area contributed by atoms with Crippen molar-refractivity contribution in [1.82, 2.24) is 9.47 Å². The lowest BCUT2D eigenvalue weighted by atomic mass is 10.0. The highest BCUT2D eigenvalue weighted by molar-refractivity contribution is 6.24. The Morgan fingerprint density at radius 3 is 2.39 bits per heavy atom. The van der Waals surface area contributed by atoms with E-state index >= 15 is 0 Å². The van der Waals surface area contributed by atoms with Crippen molar-refractivity contribution in [1.29, 1.82) is 0 Å². The van der Waals surface area contributed by atoms with Crippen LogP contribution in [-0.2, 0) is 16.1 Å². The maximum absolute atomic E-state index is 13.6. The normalized spacial score (nSPS) is 21.1. The summed E-state index contributed by atoms with van der Waals surface area (Å²) in [7, 11) is 1.45. The van der Waals surface area contributed by atoms with Crippen LogP contribution in [0.3, 0.4) is 0 Å². The molecule has 3 heterocycles. The van der Waals surface area contributed by atoms with Crippen LogP contribution in [-0.4, -0.2) is 51.6 Å². The third kappa shape index (κ3) is 3.65. The number of carbonyl (C=O) groups excluding carboxylic acids is 3. The first-order valence-electron chi connectivity index (χ1n) is 10.4. The number of imide groups is 1. The van der Waals surface area contributed by atoms with Gasteiger partial charge in [-0.05, 0) is 35.7 Å². The lowest BCUT2D eigenvalue weighted by Gasteiger charge is -2.27. The predicted octanol–water partition coefficient (Wildman–Crippen LogP) is 3.10. The lowest BCUT2D eigenvalue weighted by Crippen LogP contribution is -2.33. The van der Waals surface area contributed by atoms with E-state index in [2.05, 4.69) is 0 Å². The quantitative estimate of drug-likeness (QED) is 0.584. The first-order chi connectivity index (χ1) is 14.7. The van der Waals surface area contributed by atoms with E-state index in [0.717, 1.165) is 10.6 Å². The largest absolute Gasteiger partial charge is 0.462 e. The number of rotatable bonds is 5. The summed E-state index contributed by atoms with van der Waals surface area (Å²) in [6.45, 7) is 4.27. The molecule has 1 saturated heterocycles. The number of nitrogens with zero attached hydrogens (tertiary/aromatic N) is 2. The number of ether oxygens (including phenoxy) is 1. The zero-order chi connectivity index (χ0) is 22.4. The molecule has 4 rings (SSSR count). The fourth-order valence-electron chi connectivity index (χ4n) is 4.54. The summed E-state index contributed by atoms with van der Waals surface area (Å²) in [4.78, 5) is 38.7. The molecule has 2 atom stereocenters. The molecule has 31 heavy (non-hydrogen) atoms. The van der Waals surface area contributed by atoms with Crippen molar-refractivity contribution in [3.8, 4) is 11.3 Å². The summed E-state index contributed by atoms with van der Waals surface area (Å²) in [6.07, 6.45) is -0.442. The van der Waals surface area contributed by atoms with E-state index in [1.54, 1.807) is 12.1 Å². The van der Waals surface area contributed by atoms with Gasteiger partial charge in [0.15, 0.2) is 0 Å². The molecular weight excluding hydrogens is 403 g/mol. The Hall–Kier alpha value is -3.00. The van der Waals surface area contributed by atoms with Gasteiger partial charge < -0.3 is 14.4 Å². The van der Waals surface area contributed by atoms with Gasteiger partial charge in [0.2, 0.25) is 0 Å². The zero-order valence-corrected chi connectivity index (χ0v) is 17.7. The van der Waals surface area contributed by atoms with Gasteiger partial charge in [-0.25, -0.2) is 4.39 Å². The van der Waals surface area contributed by atoms with Crippen molar-refractivity contribution < 1.29 is 28.6 Å². The molecule has 0 spiro atoms. The zero-order valence-electron chi connectivity index (χ0n) is 17.7. The van der Waals surface area contributed by atoms with E-state index in [-0.39, 0.29) is 24.2 Å². The van der Waals surface area contributed by atoms with Gasteiger partial charge in [-0.3, -0.25) is 19.3 Å². The van der Waals surface area contributed by atoms with Crippen LogP contribution >= 0.6 is 0 Å². The monoisotopic (exact) mass is 428 g/mol. The molecule has 1 aromatic carbocycles. The fourth-order valence-corrected chi connectivity index (χ4v) is 4.54. The number of benzene rings is 1. The number of halogens is 1. The molecule has 1 fully saturated rings. The molecule has 0 saturated carbocycles. The van der Waals surface area contributed by atoms with Crippen LogP contribution in [0.5, 0.6) is 0 Å². The van der Waals surface area contributed by atoms with E-state index in [4.69, 9.17) is 4.74 Å². The number of cyclic esters (lactones) is 1. The minimum atomic E-state index is -0.737. The van der Waals surface area contributed by atoms with E-state index in [1.807, 2.05) is 18.4 Å². The number of amides is 2. The van der Waals surface area contributed by atoms with Crippen LogP contribution in [0, 0.1) is 5.82 Å². The van der Waals surface area contributed by atoms with Crippen LogP contribution < -0.4 is 0 Å². The van der Waals surface area contributed by atoms with Crippen LogP contribution in [0.4, 0.5) is 4.39 Å². The number of fused-ring (bicyclic) bond motifs is 1.